The quantitative estimate of drug-likeness (QED) is 0.638. The molecule has 0 saturated heterocycles. The maximum atomic E-state index is 6.28. The summed E-state index contributed by atoms with van der Waals surface area (Å²) in [6.07, 6.45) is 0. The summed E-state index contributed by atoms with van der Waals surface area (Å²) in [5.74, 6) is 0. The second kappa shape index (κ2) is 6.72. The Kier molecular flexibility index (Phi) is 4.68. The maximum absolute atomic E-state index is 6.28. The van der Waals surface area contributed by atoms with Crippen LogP contribution in [0.5, 0.6) is 0 Å². The van der Waals surface area contributed by atoms with Crippen LogP contribution in [0.1, 0.15) is 28.9 Å². The normalized spacial score (nSPS) is 12.3. The lowest BCUT2D eigenvalue weighted by atomic mass is 10.1. The standard InChI is InChI=1S/C17H17ClN4S/c1-11-8-9-14(10-12(11)2)22-17(19-20-21-22)23-13(3)15-6-4-5-7-16(15)18/h4-10,13H,1-3H3/t13-/m0/s1. The van der Waals surface area contributed by atoms with Crippen LogP contribution in [0.3, 0.4) is 0 Å². The Morgan fingerprint density at radius 2 is 1.87 bits per heavy atom. The van der Waals surface area contributed by atoms with Crippen molar-refractivity contribution in [2.75, 3.05) is 0 Å². The summed E-state index contributed by atoms with van der Waals surface area (Å²) >= 11 is 7.87. The number of hydrogen-bond acceptors (Lipinski definition) is 4. The molecule has 3 rings (SSSR count). The van der Waals surface area contributed by atoms with Crippen LogP contribution in [0.4, 0.5) is 0 Å². The van der Waals surface area contributed by atoms with E-state index in [0.717, 1.165) is 21.4 Å². The van der Waals surface area contributed by atoms with Gasteiger partial charge < -0.3 is 0 Å². The second-order valence-electron chi connectivity index (χ2n) is 5.42. The van der Waals surface area contributed by atoms with E-state index in [-0.39, 0.29) is 5.25 Å². The maximum Gasteiger partial charge on any atom is 0.214 e. The molecule has 0 bridgehead atoms. The Morgan fingerprint density at radius 3 is 2.61 bits per heavy atom. The highest BCUT2D eigenvalue weighted by molar-refractivity contribution is 7.99. The van der Waals surface area contributed by atoms with Crippen LogP contribution in [0.15, 0.2) is 47.6 Å². The summed E-state index contributed by atoms with van der Waals surface area (Å²) in [6.45, 7) is 6.28. The first kappa shape index (κ1) is 16.0. The fraction of sp³-hybridized carbons (Fsp3) is 0.235. The summed E-state index contributed by atoms with van der Waals surface area (Å²) in [7, 11) is 0. The molecule has 6 heteroatoms. The molecule has 0 aliphatic heterocycles. The van der Waals surface area contributed by atoms with Crippen LogP contribution >= 0.6 is 23.4 Å². The number of hydrogen-bond donors (Lipinski definition) is 0. The van der Waals surface area contributed by atoms with E-state index in [1.54, 1.807) is 16.4 Å². The lowest BCUT2D eigenvalue weighted by Gasteiger charge is -2.13. The van der Waals surface area contributed by atoms with Gasteiger partial charge in [-0.3, -0.25) is 0 Å². The van der Waals surface area contributed by atoms with Crippen molar-refractivity contribution in [3.05, 3.63) is 64.2 Å². The fourth-order valence-corrected chi connectivity index (χ4v) is 3.64. The van der Waals surface area contributed by atoms with Gasteiger partial charge in [0.25, 0.3) is 0 Å². The third-order valence-electron chi connectivity index (χ3n) is 3.80. The summed E-state index contributed by atoms with van der Waals surface area (Å²) in [4.78, 5) is 0. The van der Waals surface area contributed by atoms with E-state index < -0.39 is 0 Å². The lowest BCUT2D eigenvalue weighted by Crippen LogP contribution is -2.01. The largest absolute Gasteiger partial charge is 0.214 e. The summed E-state index contributed by atoms with van der Waals surface area (Å²) in [5.41, 5.74) is 4.51. The first-order valence-corrected chi connectivity index (χ1v) is 8.59. The van der Waals surface area contributed by atoms with E-state index in [0.29, 0.717) is 0 Å². The van der Waals surface area contributed by atoms with Crippen LogP contribution in [0, 0.1) is 13.8 Å². The van der Waals surface area contributed by atoms with Gasteiger partial charge in [0.05, 0.1) is 5.69 Å². The van der Waals surface area contributed by atoms with Gasteiger partial charge in [0.15, 0.2) is 0 Å². The van der Waals surface area contributed by atoms with Crippen molar-refractivity contribution in [2.45, 2.75) is 31.2 Å². The Balaban J connectivity index is 1.89. The SMILES string of the molecule is Cc1ccc(-n2nnnc2S[C@@H](C)c2ccccc2Cl)cc1C. The van der Waals surface area contributed by atoms with E-state index in [9.17, 15) is 0 Å². The number of benzene rings is 2. The first-order chi connectivity index (χ1) is 11.1. The number of aryl methyl sites for hydroxylation is 2. The molecule has 0 fully saturated rings. The van der Waals surface area contributed by atoms with Crippen molar-refractivity contribution in [2.24, 2.45) is 0 Å². The Hall–Kier alpha value is -1.85. The molecule has 3 aromatic rings. The summed E-state index contributed by atoms with van der Waals surface area (Å²) in [6, 6.07) is 14.1. The number of thioether (sulfide) groups is 1. The van der Waals surface area contributed by atoms with Crippen LogP contribution in [0.25, 0.3) is 5.69 Å². The third kappa shape index (κ3) is 3.41. The smallest absolute Gasteiger partial charge is 0.187 e. The Bertz CT molecular complexity index is 831. The molecular formula is C17H17ClN4S. The molecule has 1 atom stereocenters. The van der Waals surface area contributed by atoms with Crippen LogP contribution in [0.2, 0.25) is 5.02 Å². The van der Waals surface area contributed by atoms with E-state index >= 15 is 0 Å². The van der Waals surface area contributed by atoms with Crippen molar-refractivity contribution in [1.82, 2.24) is 20.2 Å². The van der Waals surface area contributed by atoms with Gasteiger partial charge in [-0.05, 0) is 66.1 Å². The summed E-state index contributed by atoms with van der Waals surface area (Å²) in [5, 5.41) is 13.8. The molecule has 0 aliphatic carbocycles. The molecule has 4 nitrogen and oxygen atoms in total. The molecule has 118 valence electrons. The Morgan fingerprint density at radius 1 is 1.09 bits per heavy atom. The van der Waals surface area contributed by atoms with Crippen molar-refractivity contribution in [3.63, 3.8) is 0 Å². The zero-order chi connectivity index (χ0) is 16.4. The van der Waals surface area contributed by atoms with Gasteiger partial charge in [-0.25, -0.2) is 0 Å². The Labute approximate surface area is 144 Å². The van der Waals surface area contributed by atoms with Crippen LogP contribution in [-0.4, -0.2) is 20.2 Å². The number of rotatable bonds is 4. The van der Waals surface area contributed by atoms with Gasteiger partial charge in [0.2, 0.25) is 5.16 Å². The average molecular weight is 345 g/mol. The monoisotopic (exact) mass is 344 g/mol. The molecule has 1 aromatic heterocycles. The zero-order valence-corrected chi connectivity index (χ0v) is 14.8. The molecular weight excluding hydrogens is 328 g/mol. The van der Waals surface area contributed by atoms with Gasteiger partial charge in [-0.15, -0.1) is 5.10 Å². The highest BCUT2D eigenvalue weighted by Gasteiger charge is 2.16. The lowest BCUT2D eigenvalue weighted by molar-refractivity contribution is 0.754. The minimum atomic E-state index is 0.153. The van der Waals surface area contributed by atoms with Gasteiger partial charge in [-0.2, -0.15) is 4.68 Å². The van der Waals surface area contributed by atoms with Gasteiger partial charge >= 0.3 is 0 Å². The van der Waals surface area contributed by atoms with Crippen molar-refractivity contribution >= 4 is 23.4 Å². The highest BCUT2D eigenvalue weighted by Crippen LogP contribution is 2.37. The number of tetrazole rings is 1. The van der Waals surface area contributed by atoms with Crippen LogP contribution < -0.4 is 0 Å². The minimum Gasteiger partial charge on any atom is -0.187 e. The average Bonchev–Trinajstić information content (AvgIpc) is 2.98. The molecule has 2 aromatic carbocycles. The van der Waals surface area contributed by atoms with Gasteiger partial charge in [-0.1, -0.05) is 47.6 Å². The van der Waals surface area contributed by atoms with E-state index in [4.69, 9.17) is 11.6 Å². The van der Waals surface area contributed by atoms with Crippen LogP contribution in [-0.2, 0) is 0 Å². The second-order valence-corrected chi connectivity index (χ2v) is 7.14. The first-order valence-electron chi connectivity index (χ1n) is 7.33. The summed E-state index contributed by atoms with van der Waals surface area (Å²) < 4.78 is 1.77. The number of aromatic nitrogens is 4. The predicted octanol–water partition coefficient (Wildman–Crippen LogP) is 4.79. The number of nitrogens with zero attached hydrogens (tertiary/aromatic N) is 4. The molecule has 0 aliphatic rings. The molecule has 0 unspecified atom stereocenters. The number of halogens is 1. The van der Waals surface area contributed by atoms with Crippen molar-refractivity contribution in [3.8, 4) is 5.69 Å². The molecule has 0 N–H and O–H groups in total. The zero-order valence-electron chi connectivity index (χ0n) is 13.2. The van der Waals surface area contributed by atoms with Gasteiger partial charge in [0, 0.05) is 10.3 Å². The third-order valence-corrected chi connectivity index (χ3v) is 5.22. The molecule has 0 amide bonds. The molecule has 0 spiro atoms. The molecule has 0 saturated carbocycles. The van der Waals surface area contributed by atoms with Gasteiger partial charge in [0.1, 0.15) is 0 Å². The fourth-order valence-electron chi connectivity index (χ4n) is 2.30. The van der Waals surface area contributed by atoms with E-state index in [1.165, 1.54) is 11.1 Å². The van der Waals surface area contributed by atoms with E-state index in [1.807, 2.05) is 30.3 Å². The van der Waals surface area contributed by atoms with Crippen molar-refractivity contribution in [1.29, 1.82) is 0 Å². The minimum absolute atomic E-state index is 0.153. The predicted molar refractivity (Wildman–Crippen MR) is 94.4 cm³/mol. The topological polar surface area (TPSA) is 43.6 Å². The van der Waals surface area contributed by atoms with E-state index in [2.05, 4.69) is 48.4 Å². The molecule has 0 radical (unpaired) electrons. The molecule has 23 heavy (non-hydrogen) atoms. The molecule has 1 heterocycles. The van der Waals surface area contributed by atoms with Crippen molar-refractivity contribution < 1.29 is 0 Å². The highest BCUT2D eigenvalue weighted by atomic mass is 35.5.